The summed E-state index contributed by atoms with van der Waals surface area (Å²) < 4.78 is 5.12. The summed E-state index contributed by atoms with van der Waals surface area (Å²) in [5.74, 6) is 1.62. The Morgan fingerprint density at radius 1 is 1.07 bits per heavy atom. The smallest absolute Gasteiger partial charge is 0.191 e. The van der Waals surface area contributed by atoms with Crippen LogP contribution in [0, 0.1) is 0 Å². The number of ether oxygens (including phenoxy) is 1. The van der Waals surface area contributed by atoms with Crippen LogP contribution in [-0.4, -0.2) is 31.8 Å². The number of nitrogens with zero attached hydrogens (tertiary/aromatic N) is 1. The van der Waals surface area contributed by atoms with Crippen molar-refractivity contribution in [2.24, 2.45) is 4.99 Å². The molecule has 0 aromatic heterocycles. The van der Waals surface area contributed by atoms with E-state index in [1.807, 2.05) is 12.1 Å². The molecule has 5 heteroatoms. The van der Waals surface area contributed by atoms with Crippen molar-refractivity contribution in [2.45, 2.75) is 19.4 Å². The first kappa shape index (κ1) is 19.5. The highest BCUT2D eigenvalue weighted by Gasteiger charge is 2.09. The fraction of sp³-hybridized carbons (Fsp3) is 0.261. The van der Waals surface area contributed by atoms with E-state index in [0.717, 1.165) is 11.5 Å². The van der Waals surface area contributed by atoms with Crippen molar-refractivity contribution in [3.8, 4) is 11.5 Å². The Labute approximate surface area is 166 Å². The number of nitrogens with one attached hydrogen (secondary N) is 2. The Bertz CT molecular complexity index is 969. The maximum Gasteiger partial charge on any atom is 0.191 e. The molecule has 0 amide bonds. The molecule has 1 atom stereocenters. The molecule has 0 heterocycles. The van der Waals surface area contributed by atoms with Crippen LogP contribution in [0.4, 0.5) is 0 Å². The van der Waals surface area contributed by atoms with E-state index in [-0.39, 0.29) is 11.8 Å². The molecule has 28 heavy (non-hydrogen) atoms. The van der Waals surface area contributed by atoms with E-state index in [1.165, 1.54) is 16.3 Å². The van der Waals surface area contributed by atoms with Crippen LogP contribution in [0.5, 0.6) is 11.5 Å². The Kier molecular flexibility index (Phi) is 6.37. The monoisotopic (exact) mass is 377 g/mol. The van der Waals surface area contributed by atoms with Crippen LogP contribution in [0.25, 0.3) is 10.8 Å². The van der Waals surface area contributed by atoms with Gasteiger partial charge in [-0.2, -0.15) is 0 Å². The average Bonchev–Trinajstić information content (AvgIpc) is 2.73. The van der Waals surface area contributed by atoms with E-state index in [0.29, 0.717) is 18.7 Å². The van der Waals surface area contributed by atoms with Gasteiger partial charge in [-0.15, -0.1) is 0 Å². The average molecular weight is 377 g/mol. The molecule has 0 aliphatic carbocycles. The first-order valence-electron chi connectivity index (χ1n) is 9.42. The molecule has 3 rings (SSSR count). The number of fused-ring (bicyclic) bond motifs is 1. The summed E-state index contributed by atoms with van der Waals surface area (Å²) in [6.07, 6.45) is 0.681. The minimum absolute atomic E-state index is 0.116. The molecule has 0 bridgehead atoms. The fourth-order valence-corrected chi connectivity index (χ4v) is 3.16. The third-order valence-corrected chi connectivity index (χ3v) is 4.83. The van der Waals surface area contributed by atoms with Gasteiger partial charge in [0.2, 0.25) is 0 Å². The van der Waals surface area contributed by atoms with Gasteiger partial charge in [-0.05, 0) is 47.4 Å². The van der Waals surface area contributed by atoms with Crippen molar-refractivity contribution in [3.05, 3.63) is 71.8 Å². The van der Waals surface area contributed by atoms with Crippen LogP contribution in [0.3, 0.4) is 0 Å². The molecule has 1 unspecified atom stereocenters. The third kappa shape index (κ3) is 4.74. The number of phenols is 1. The Morgan fingerprint density at radius 2 is 1.86 bits per heavy atom. The second kappa shape index (κ2) is 9.13. The quantitative estimate of drug-likeness (QED) is 0.448. The summed E-state index contributed by atoms with van der Waals surface area (Å²) in [5, 5.41) is 19.3. The highest BCUT2D eigenvalue weighted by molar-refractivity contribution is 5.84. The van der Waals surface area contributed by atoms with Crippen molar-refractivity contribution in [1.82, 2.24) is 10.6 Å². The molecule has 0 aliphatic heterocycles. The Balaban J connectivity index is 1.57. The summed E-state index contributed by atoms with van der Waals surface area (Å²) in [6, 6.07) is 20.3. The van der Waals surface area contributed by atoms with Gasteiger partial charge in [-0.25, -0.2) is 0 Å². The molecular formula is C23H27N3O2. The van der Waals surface area contributed by atoms with Crippen LogP contribution in [0.1, 0.15) is 24.1 Å². The van der Waals surface area contributed by atoms with E-state index in [9.17, 15) is 5.11 Å². The number of methoxy groups -OCH3 is 1. The van der Waals surface area contributed by atoms with E-state index >= 15 is 0 Å². The molecule has 0 radical (unpaired) electrons. The lowest BCUT2D eigenvalue weighted by atomic mass is 10.0. The Morgan fingerprint density at radius 3 is 2.57 bits per heavy atom. The molecule has 3 N–H and O–H groups in total. The van der Waals surface area contributed by atoms with Gasteiger partial charge in [0.1, 0.15) is 11.5 Å². The van der Waals surface area contributed by atoms with Gasteiger partial charge >= 0.3 is 0 Å². The van der Waals surface area contributed by atoms with Crippen molar-refractivity contribution in [1.29, 1.82) is 0 Å². The van der Waals surface area contributed by atoms with Crippen molar-refractivity contribution in [3.63, 3.8) is 0 Å². The number of aliphatic imine (C=N–C) groups is 1. The van der Waals surface area contributed by atoms with Gasteiger partial charge in [-0.3, -0.25) is 4.99 Å². The van der Waals surface area contributed by atoms with Crippen molar-refractivity contribution in [2.75, 3.05) is 20.7 Å². The van der Waals surface area contributed by atoms with Gasteiger partial charge in [0, 0.05) is 19.7 Å². The molecule has 146 valence electrons. The zero-order valence-electron chi connectivity index (χ0n) is 16.6. The highest BCUT2D eigenvalue weighted by atomic mass is 16.5. The second-order valence-electron chi connectivity index (χ2n) is 6.72. The topological polar surface area (TPSA) is 65.9 Å². The first-order chi connectivity index (χ1) is 13.6. The molecule has 3 aromatic carbocycles. The SMILES string of the molecule is CN=C(NCCc1ccc(OC)cc1O)NC(C)c1ccc2ccccc2c1. The number of aromatic hydroxyl groups is 1. The van der Waals surface area contributed by atoms with E-state index in [2.05, 4.69) is 65.0 Å². The van der Waals surface area contributed by atoms with E-state index < -0.39 is 0 Å². The molecular weight excluding hydrogens is 350 g/mol. The molecule has 0 saturated heterocycles. The van der Waals surface area contributed by atoms with Crippen LogP contribution >= 0.6 is 0 Å². The van der Waals surface area contributed by atoms with Crippen LogP contribution in [-0.2, 0) is 6.42 Å². The summed E-state index contributed by atoms with van der Waals surface area (Å²) in [4.78, 5) is 4.31. The first-order valence-corrected chi connectivity index (χ1v) is 9.42. The van der Waals surface area contributed by atoms with E-state index in [1.54, 1.807) is 20.2 Å². The minimum atomic E-state index is 0.116. The number of hydrogen-bond acceptors (Lipinski definition) is 3. The zero-order chi connectivity index (χ0) is 19.9. The van der Waals surface area contributed by atoms with E-state index in [4.69, 9.17) is 4.74 Å². The number of rotatable bonds is 6. The maximum absolute atomic E-state index is 10.1. The van der Waals surface area contributed by atoms with Gasteiger partial charge in [0.05, 0.1) is 13.2 Å². The van der Waals surface area contributed by atoms with Gasteiger partial charge in [0.15, 0.2) is 5.96 Å². The second-order valence-corrected chi connectivity index (χ2v) is 6.72. The maximum atomic E-state index is 10.1. The molecule has 5 nitrogen and oxygen atoms in total. The third-order valence-electron chi connectivity index (χ3n) is 4.83. The lowest BCUT2D eigenvalue weighted by molar-refractivity contribution is 0.406. The van der Waals surface area contributed by atoms with Gasteiger partial charge in [-0.1, -0.05) is 42.5 Å². The largest absolute Gasteiger partial charge is 0.508 e. The molecule has 0 aliphatic rings. The molecule has 0 saturated carbocycles. The van der Waals surface area contributed by atoms with Crippen LogP contribution in [0.15, 0.2) is 65.7 Å². The molecule has 3 aromatic rings. The lowest BCUT2D eigenvalue weighted by Gasteiger charge is -2.19. The van der Waals surface area contributed by atoms with Gasteiger partial charge in [0.25, 0.3) is 0 Å². The summed E-state index contributed by atoms with van der Waals surface area (Å²) in [5.41, 5.74) is 2.07. The Hall–Kier alpha value is -3.21. The number of guanidine groups is 1. The van der Waals surface area contributed by atoms with Crippen molar-refractivity contribution >= 4 is 16.7 Å². The normalized spacial score (nSPS) is 12.6. The highest BCUT2D eigenvalue weighted by Crippen LogP contribution is 2.23. The number of hydrogen-bond donors (Lipinski definition) is 3. The van der Waals surface area contributed by atoms with Gasteiger partial charge < -0.3 is 20.5 Å². The molecule has 0 spiro atoms. The standard InChI is InChI=1S/C23H27N3O2/c1-16(19-9-8-17-6-4-5-7-20(17)14-19)26-23(24-2)25-13-12-18-10-11-21(28-3)15-22(18)27/h4-11,14-16,27H,12-13H2,1-3H3,(H2,24,25,26). The predicted molar refractivity (Wildman–Crippen MR) is 115 cm³/mol. The van der Waals surface area contributed by atoms with Crippen LogP contribution in [0.2, 0.25) is 0 Å². The number of benzene rings is 3. The minimum Gasteiger partial charge on any atom is -0.508 e. The van der Waals surface area contributed by atoms with Crippen molar-refractivity contribution < 1.29 is 9.84 Å². The summed E-state index contributed by atoms with van der Waals surface area (Å²) in [6.45, 7) is 2.77. The fourth-order valence-electron chi connectivity index (χ4n) is 3.16. The molecule has 0 fully saturated rings. The number of phenolic OH excluding ortho intramolecular Hbond substituents is 1. The lowest BCUT2D eigenvalue weighted by Crippen LogP contribution is -2.39. The predicted octanol–water partition coefficient (Wildman–Crippen LogP) is 4.02. The summed E-state index contributed by atoms with van der Waals surface area (Å²) in [7, 11) is 3.34. The van der Waals surface area contributed by atoms with Crippen LogP contribution < -0.4 is 15.4 Å². The summed E-state index contributed by atoms with van der Waals surface area (Å²) >= 11 is 0. The zero-order valence-corrected chi connectivity index (χ0v) is 16.6.